The normalized spacial score (nSPS) is 10.7. The van der Waals surface area contributed by atoms with Gasteiger partial charge in [0.25, 0.3) is 0 Å². The number of rotatable bonds is 3. The molecule has 0 saturated heterocycles. The second-order valence-corrected chi connectivity index (χ2v) is 4.14. The molecule has 0 bridgehead atoms. The van der Waals surface area contributed by atoms with Crippen molar-refractivity contribution in [1.82, 2.24) is 0 Å². The van der Waals surface area contributed by atoms with Crippen molar-refractivity contribution in [1.29, 1.82) is 0 Å². The number of carbonyl (C=O) groups excluding carboxylic acids is 1. The van der Waals surface area contributed by atoms with Gasteiger partial charge in [-0.2, -0.15) is 0 Å². The predicted octanol–water partition coefficient (Wildman–Crippen LogP) is 2.84. The van der Waals surface area contributed by atoms with E-state index in [0.29, 0.717) is 6.42 Å². The fourth-order valence-electron chi connectivity index (χ4n) is 1.44. The Kier molecular flexibility index (Phi) is 4.09. The molecular formula is C12H14O5. The van der Waals surface area contributed by atoms with Gasteiger partial charge in [-0.25, -0.2) is 9.59 Å². The Labute approximate surface area is 99.0 Å². The minimum absolute atomic E-state index is 0.475. The average molecular weight is 238 g/mol. The van der Waals surface area contributed by atoms with Crippen molar-refractivity contribution in [2.45, 2.75) is 25.9 Å². The minimum atomic E-state index is -1.68. The van der Waals surface area contributed by atoms with E-state index in [0.717, 1.165) is 5.56 Å². The van der Waals surface area contributed by atoms with Crippen LogP contribution in [0.25, 0.3) is 0 Å². The van der Waals surface area contributed by atoms with E-state index in [2.05, 4.69) is 4.74 Å². The molecule has 0 aliphatic rings. The van der Waals surface area contributed by atoms with Gasteiger partial charge in [0.2, 0.25) is 0 Å². The lowest BCUT2D eigenvalue weighted by Gasteiger charge is -2.23. The van der Waals surface area contributed by atoms with E-state index in [1.54, 1.807) is 13.8 Å². The monoisotopic (exact) mass is 238 g/mol. The van der Waals surface area contributed by atoms with Crippen LogP contribution in [0.2, 0.25) is 0 Å². The molecule has 0 fully saturated rings. The van der Waals surface area contributed by atoms with Crippen LogP contribution in [0, 0.1) is 0 Å². The van der Waals surface area contributed by atoms with Crippen LogP contribution >= 0.6 is 0 Å². The maximum atomic E-state index is 11.0. The summed E-state index contributed by atoms with van der Waals surface area (Å²) < 4.78 is 8.79. The first-order chi connectivity index (χ1) is 7.89. The predicted molar refractivity (Wildman–Crippen MR) is 59.8 cm³/mol. The molecule has 0 spiro atoms. The summed E-state index contributed by atoms with van der Waals surface area (Å²) in [6, 6.07) is 9.43. The lowest BCUT2D eigenvalue weighted by Crippen LogP contribution is -2.31. The molecule has 1 rings (SSSR count). The first-order valence-electron chi connectivity index (χ1n) is 5.07. The van der Waals surface area contributed by atoms with Crippen molar-refractivity contribution < 1.29 is 24.2 Å². The largest absolute Gasteiger partial charge is 0.519 e. The van der Waals surface area contributed by atoms with Crippen LogP contribution in [0.1, 0.15) is 19.4 Å². The van der Waals surface area contributed by atoms with Crippen LogP contribution in [0.4, 0.5) is 9.59 Å². The number of carboxylic acid groups (broad SMARTS) is 1. The smallest absolute Gasteiger partial charge is 0.449 e. The van der Waals surface area contributed by atoms with E-state index < -0.39 is 17.9 Å². The van der Waals surface area contributed by atoms with Crippen molar-refractivity contribution in [3.8, 4) is 0 Å². The highest BCUT2D eigenvalue weighted by molar-refractivity contribution is 5.75. The molecule has 17 heavy (non-hydrogen) atoms. The standard InChI is InChI=1S/C12H14O5/c1-12(2,17-11(15)16-10(13)14)8-9-6-4-3-5-7-9/h3-7H,8H2,1-2H3,(H,13,14). The Morgan fingerprint density at radius 1 is 1.24 bits per heavy atom. The average Bonchev–Trinajstić information content (AvgIpc) is 2.15. The van der Waals surface area contributed by atoms with Gasteiger partial charge < -0.3 is 14.6 Å². The Bertz CT molecular complexity index is 397. The van der Waals surface area contributed by atoms with E-state index in [4.69, 9.17) is 9.84 Å². The zero-order valence-corrected chi connectivity index (χ0v) is 9.67. The van der Waals surface area contributed by atoms with E-state index in [9.17, 15) is 9.59 Å². The highest BCUT2D eigenvalue weighted by atomic mass is 16.8. The molecule has 1 aromatic rings. The lowest BCUT2D eigenvalue weighted by molar-refractivity contribution is -0.00882. The molecular weight excluding hydrogens is 224 g/mol. The zero-order chi connectivity index (χ0) is 12.9. The van der Waals surface area contributed by atoms with Gasteiger partial charge in [0.05, 0.1) is 0 Å². The summed E-state index contributed by atoms with van der Waals surface area (Å²) in [6.07, 6.45) is -2.41. The molecule has 0 radical (unpaired) electrons. The first-order valence-corrected chi connectivity index (χ1v) is 5.07. The van der Waals surface area contributed by atoms with Gasteiger partial charge >= 0.3 is 12.3 Å². The van der Waals surface area contributed by atoms with Crippen LogP contribution in [0.3, 0.4) is 0 Å². The van der Waals surface area contributed by atoms with Crippen LogP contribution in [0.5, 0.6) is 0 Å². The molecule has 5 nitrogen and oxygen atoms in total. The first kappa shape index (κ1) is 13.0. The van der Waals surface area contributed by atoms with Crippen molar-refractivity contribution in [2.24, 2.45) is 0 Å². The molecule has 1 aromatic carbocycles. The third-order valence-electron chi connectivity index (χ3n) is 2.00. The molecule has 0 atom stereocenters. The summed E-state index contributed by atoms with van der Waals surface area (Å²) >= 11 is 0. The summed E-state index contributed by atoms with van der Waals surface area (Å²) in [5.41, 5.74) is 0.161. The fraction of sp³-hybridized carbons (Fsp3) is 0.333. The van der Waals surface area contributed by atoms with Crippen LogP contribution in [-0.4, -0.2) is 23.0 Å². The maximum absolute atomic E-state index is 11.0. The van der Waals surface area contributed by atoms with Gasteiger partial charge in [0, 0.05) is 6.42 Å². The van der Waals surface area contributed by atoms with Crippen molar-refractivity contribution >= 4 is 12.3 Å². The third kappa shape index (κ3) is 5.01. The van der Waals surface area contributed by atoms with E-state index in [1.165, 1.54) is 0 Å². The molecule has 92 valence electrons. The second kappa shape index (κ2) is 5.34. The summed E-state index contributed by atoms with van der Waals surface area (Å²) in [5.74, 6) is 0. The Morgan fingerprint density at radius 3 is 2.35 bits per heavy atom. The molecule has 0 heterocycles. The van der Waals surface area contributed by atoms with Crippen molar-refractivity contribution in [3.63, 3.8) is 0 Å². The SMILES string of the molecule is CC(C)(Cc1ccccc1)OC(=O)OC(=O)O. The molecule has 0 aromatic heterocycles. The zero-order valence-electron chi connectivity index (χ0n) is 9.67. The van der Waals surface area contributed by atoms with Gasteiger partial charge in [-0.15, -0.1) is 0 Å². The van der Waals surface area contributed by atoms with Gasteiger partial charge in [-0.3, -0.25) is 0 Å². The molecule has 0 saturated carbocycles. The Balaban J connectivity index is 2.57. The molecule has 1 N–H and O–H groups in total. The minimum Gasteiger partial charge on any atom is -0.449 e. The number of carbonyl (C=O) groups is 2. The number of benzene rings is 1. The molecule has 0 amide bonds. The maximum Gasteiger partial charge on any atom is 0.519 e. The van der Waals surface area contributed by atoms with E-state index in [1.807, 2.05) is 30.3 Å². The van der Waals surface area contributed by atoms with E-state index >= 15 is 0 Å². The van der Waals surface area contributed by atoms with Gasteiger partial charge in [0.1, 0.15) is 5.60 Å². The quantitative estimate of drug-likeness (QED) is 0.647. The Morgan fingerprint density at radius 2 is 1.82 bits per heavy atom. The van der Waals surface area contributed by atoms with E-state index in [-0.39, 0.29) is 0 Å². The van der Waals surface area contributed by atoms with Gasteiger partial charge in [-0.05, 0) is 19.4 Å². The number of hydrogen-bond acceptors (Lipinski definition) is 4. The molecule has 0 unspecified atom stereocenters. The van der Waals surface area contributed by atoms with Crippen molar-refractivity contribution in [3.05, 3.63) is 35.9 Å². The lowest BCUT2D eigenvalue weighted by atomic mass is 9.99. The van der Waals surface area contributed by atoms with Crippen LogP contribution in [-0.2, 0) is 15.9 Å². The van der Waals surface area contributed by atoms with Crippen molar-refractivity contribution in [2.75, 3.05) is 0 Å². The Hall–Kier alpha value is -2.04. The van der Waals surface area contributed by atoms with Gasteiger partial charge in [0.15, 0.2) is 0 Å². The summed E-state index contributed by atoms with van der Waals surface area (Å²) in [5, 5.41) is 8.25. The summed E-state index contributed by atoms with van der Waals surface area (Å²) in [4.78, 5) is 21.2. The molecule has 0 aliphatic heterocycles. The fourth-order valence-corrected chi connectivity index (χ4v) is 1.44. The number of ether oxygens (including phenoxy) is 2. The second-order valence-electron chi connectivity index (χ2n) is 4.14. The third-order valence-corrected chi connectivity index (χ3v) is 2.00. The topological polar surface area (TPSA) is 72.8 Å². The highest BCUT2D eigenvalue weighted by Gasteiger charge is 2.25. The van der Waals surface area contributed by atoms with Crippen LogP contribution in [0.15, 0.2) is 30.3 Å². The summed E-state index contributed by atoms with van der Waals surface area (Å²) in [7, 11) is 0. The number of hydrogen-bond donors (Lipinski definition) is 1. The summed E-state index contributed by atoms with van der Waals surface area (Å²) in [6.45, 7) is 3.37. The van der Waals surface area contributed by atoms with Crippen LogP contribution < -0.4 is 0 Å². The molecule has 5 heteroatoms. The highest BCUT2D eigenvalue weighted by Crippen LogP contribution is 2.17. The van der Waals surface area contributed by atoms with Gasteiger partial charge in [-0.1, -0.05) is 30.3 Å². The molecule has 0 aliphatic carbocycles.